The monoisotopic (exact) mass is 529 g/mol. The molecule has 0 unspecified atom stereocenters. The highest BCUT2D eigenvalue weighted by Gasteiger charge is 2.14. The number of aliphatic imine (C=N–C) groups is 1. The standard InChI is InChI=1S/C30H27N3O4.ClH/c1-20-6-8-21(9-7-20)19-36-28(34)24-12-10-22(11-13-24)23-14-16-26(17-15-23)37-29(35)27-5-3-2-4-25(27)18-33-30(31)32;/h2-17H,18-19H2,1H3,(H4,31,32,33);1H. The molecular weight excluding hydrogens is 502 g/mol. The summed E-state index contributed by atoms with van der Waals surface area (Å²) in [6, 6.07) is 29.1. The van der Waals surface area contributed by atoms with E-state index in [2.05, 4.69) is 4.99 Å². The molecule has 4 N–H and O–H groups in total. The summed E-state index contributed by atoms with van der Waals surface area (Å²) in [5, 5.41) is 0. The van der Waals surface area contributed by atoms with Crippen molar-refractivity contribution >= 4 is 30.3 Å². The van der Waals surface area contributed by atoms with Gasteiger partial charge in [-0.3, -0.25) is 0 Å². The minimum absolute atomic E-state index is 0. The van der Waals surface area contributed by atoms with Crippen LogP contribution in [-0.4, -0.2) is 17.9 Å². The van der Waals surface area contributed by atoms with E-state index in [0.29, 0.717) is 22.4 Å². The lowest BCUT2D eigenvalue weighted by molar-refractivity contribution is 0.0472. The Morgan fingerprint density at radius 3 is 2.00 bits per heavy atom. The summed E-state index contributed by atoms with van der Waals surface area (Å²) in [6.07, 6.45) is 0. The fourth-order valence-electron chi connectivity index (χ4n) is 3.63. The first kappa shape index (κ1) is 28.0. The molecule has 0 aliphatic carbocycles. The number of aryl methyl sites for hydroxylation is 1. The quantitative estimate of drug-likeness (QED) is 0.136. The molecule has 7 nitrogen and oxygen atoms in total. The number of rotatable bonds is 8. The summed E-state index contributed by atoms with van der Waals surface area (Å²) >= 11 is 0. The summed E-state index contributed by atoms with van der Waals surface area (Å²) in [5.41, 5.74) is 16.2. The molecule has 0 heterocycles. The Morgan fingerprint density at radius 1 is 0.763 bits per heavy atom. The third-order valence-electron chi connectivity index (χ3n) is 5.68. The van der Waals surface area contributed by atoms with E-state index in [9.17, 15) is 9.59 Å². The minimum Gasteiger partial charge on any atom is -0.457 e. The molecular formula is C30H28ClN3O4. The normalized spacial score (nSPS) is 10.1. The molecule has 0 aliphatic heterocycles. The number of halogens is 1. The molecule has 0 saturated heterocycles. The fraction of sp³-hybridized carbons (Fsp3) is 0.100. The zero-order chi connectivity index (χ0) is 26.2. The number of hydrogen-bond donors (Lipinski definition) is 2. The van der Waals surface area contributed by atoms with Crippen LogP contribution in [0.3, 0.4) is 0 Å². The van der Waals surface area contributed by atoms with Crippen LogP contribution in [-0.2, 0) is 17.9 Å². The minimum atomic E-state index is -0.498. The summed E-state index contributed by atoms with van der Waals surface area (Å²) in [6.45, 7) is 2.41. The molecule has 0 spiro atoms. The topological polar surface area (TPSA) is 117 Å². The van der Waals surface area contributed by atoms with E-state index in [4.69, 9.17) is 20.9 Å². The Kier molecular flexibility index (Phi) is 9.62. The van der Waals surface area contributed by atoms with Gasteiger partial charge in [0, 0.05) is 0 Å². The van der Waals surface area contributed by atoms with Gasteiger partial charge in [0.15, 0.2) is 5.96 Å². The van der Waals surface area contributed by atoms with E-state index >= 15 is 0 Å². The number of esters is 2. The van der Waals surface area contributed by atoms with Crippen LogP contribution in [0.5, 0.6) is 5.75 Å². The molecule has 4 aromatic carbocycles. The van der Waals surface area contributed by atoms with E-state index in [1.54, 1.807) is 48.5 Å². The first-order chi connectivity index (χ1) is 17.9. The van der Waals surface area contributed by atoms with Crippen molar-refractivity contribution in [2.45, 2.75) is 20.1 Å². The Labute approximate surface area is 227 Å². The highest BCUT2D eigenvalue weighted by atomic mass is 35.5. The zero-order valence-electron chi connectivity index (χ0n) is 20.8. The number of guanidine groups is 1. The van der Waals surface area contributed by atoms with Gasteiger partial charge in [-0.15, -0.1) is 12.4 Å². The average Bonchev–Trinajstić information content (AvgIpc) is 2.92. The van der Waals surface area contributed by atoms with Crippen LogP contribution in [0, 0.1) is 6.92 Å². The summed E-state index contributed by atoms with van der Waals surface area (Å²) in [4.78, 5) is 29.1. The molecule has 0 bridgehead atoms. The molecule has 194 valence electrons. The first-order valence-corrected chi connectivity index (χ1v) is 11.7. The van der Waals surface area contributed by atoms with Gasteiger partial charge in [-0.25, -0.2) is 14.6 Å². The fourth-order valence-corrected chi connectivity index (χ4v) is 3.63. The van der Waals surface area contributed by atoms with Crippen molar-refractivity contribution in [3.8, 4) is 16.9 Å². The molecule has 0 aromatic heterocycles. The van der Waals surface area contributed by atoms with Crippen LogP contribution >= 0.6 is 12.4 Å². The smallest absolute Gasteiger partial charge is 0.343 e. The summed E-state index contributed by atoms with van der Waals surface area (Å²) in [7, 11) is 0. The van der Waals surface area contributed by atoms with Crippen molar-refractivity contribution in [2.24, 2.45) is 16.5 Å². The lowest BCUT2D eigenvalue weighted by Crippen LogP contribution is -2.23. The molecule has 4 aromatic rings. The molecule has 0 radical (unpaired) electrons. The van der Waals surface area contributed by atoms with Gasteiger partial charge < -0.3 is 20.9 Å². The number of nitrogens with zero attached hydrogens (tertiary/aromatic N) is 1. The lowest BCUT2D eigenvalue weighted by atomic mass is 10.0. The van der Waals surface area contributed by atoms with Gasteiger partial charge in [0.25, 0.3) is 0 Å². The molecule has 4 rings (SSSR count). The summed E-state index contributed by atoms with van der Waals surface area (Å²) < 4.78 is 11.0. The third-order valence-corrected chi connectivity index (χ3v) is 5.68. The van der Waals surface area contributed by atoms with Gasteiger partial charge in [0.2, 0.25) is 0 Å². The Morgan fingerprint density at radius 2 is 1.37 bits per heavy atom. The van der Waals surface area contributed by atoms with Crippen molar-refractivity contribution in [3.05, 3.63) is 125 Å². The van der Waals surface area contributed by atoms with Gasteiger partial charge >= 0.3 is 11.9 Å². The lowest BCUT2D eigenvalue weighted by Gasteiger charge is -2.09. The number of carbonyl (C=O) groups is 2. The predicted molar refractivity (Wildman–Crippen MR) is 150 cm³/mol. The van der Waals surface area contributed by atoms with Crippen molar-refractivity contribution < 1.29 is 19.1 Å². The summed E-state index contributed by atoms with van der Waals surface area (Å²) in [5.74, 6) is -0.523. The first-order valence-electron chi connectivity index (χ1n) is 11.7. The van der Waals surface area contributed by atoms with Gasteiger partial charge in [-0.05, 0) is 59.5 Å². The van der Waals surface area contributed by atoms with Gasteiger partial charge in [-0.2, -0.15) is 0 Å². The van der Waals surface area contributed by atoms with Gasteiger partial charge in [-0.1, -0.05) is 72.3 Å². The predicted octanol–water partition coefficient (Wildman–Crippen LogP) is 5.43. The zero-order valence-corrected chi connectivity index (χ0v) is 21.6. The SMILES string of the molecule is Cc1ccc(COC(=O)c2ccc(-c3ccc(OC(=O)c4ccccc4CN=C(N)N)cc3)cc2)cc1.Cl. The number of ether oxygens (including phenoxy) is 2. The number of benzene rings is 4. The highest BCUT2D eigenvalue weighted by molar-refractivity contribution is 5.93. The molecule has 0 saturated carbocycles. The largest absolute Gasteiger partial charge is 0.457 e. The maximum atomic E-state index is 12.7. The van der Waals surface area contributed by atoms with Crippen LogP contribution in [0.15, 0.2) is 102 Å². The number of carbonyl (C=O) groups excluding carboxylic acids is 2. The van der Waals surface area contributed by atoms with Crippen LogP contribution in [0.1, 0.15) is 37.4 Å². The van der Waals surface area contributed by atoms with Crippen molar-refractivity contribution in [1.82, 2.24) is 0 Å². The molecule has 0 fully saturated rings. The Balaban J connectivity index is 0.00000400. The maximum Gasteiger partial charge on any atom is 0.343 e. The van der Waals surface area contributed by atoms with Crippen molar-refractivity contribution in [1.29, 1.82) is 0 Å². The molecule has 8 heteroatoms. The number of nitrogens with two attached hydrogens (primary N) is 2. The molecule has 0 atom stereocenters. The van der Waals surface area contributed by atoms with Crippen molar-refractivity contribution in [3.63, 3.8) is 0 Å². The maximum absolute atomic E-state index is 12.7. The van der Waals surface area contributed by atoms with E-state index < -0.39 is 5.97 Å². The van der Waals surface area contributed by atoms with E-state index in [1.807, 2.05) is 55.5 Å². The van der Waals surface area contributed by atoms with Crippen LogP contribution in [0.4, 0.5) is 0 Å². The second-order valence-corrected chi connectivity index (χ2v) is 8.45. The van der Waals surface area contributed by atoms with E-state index in [1.165, 1.54) is 0 Å². The Hall–Kier alpha value is -4.62. The Bertz CT molecular complexity index is 1410. The van der Waals surface area contributed by atoms with E-state index in [0.717, 1.165) is 22.3 Å². The second-order valence-electron chi connectivity index (χ2n) is 8.45. The number of hydrogen-bond acceptors (Lipinski definition) is 5. The van der Waals surface area contributed by atoms with Gasteiger partial charge in [0.1, 0.15) is 12.4 Å². The van der Waals surface area contributed by atoms with Crippen LogP contribution in [0.2, 0.25) is 0 Å². The van der Waals surface area contributed by atoms with Gasteiger partial charge in [0.05, 0.1) is 17.7 Å². The molecule has 38 heavy (non-hydrogen) atoms. The third kappa shape index (κ3) is 7.44. The van der Waals surface area contributed by atoms with Crippen LogP contribution in [0.25, 0.3) is 11.1 Å². The van der Waals surface area contributed by atoms with E-state index in [-0.39, 0.29) is 37.5 Å². The average molecular weight is 530 g/mol. The highest BCUT2D eigenvalue weighted by Crippen LogP contribution is 2.24. The van der Waals surface area contributed by atoms with Crippen LogP contribution < -0.4 is 16.2 Å². The molecule has 0 amide bonds. The molecule has 0 aliphatic rings. The second kappa shape index (κ2) is 13.1. The van der Waals surface area contributed by atoms with Crippen molar-refractivity contribution in [2.75, 3.05) is 0 Å².